The minimum absolute atomic E-state index is 0.00907. The van der Waals surface area contributed by atoms with Gasteiger partial charge in [-0.3, -0.25) is 0 Å². The molecular formula is C11H12F3N. The average Bonchev–Trinajstić information content (AvgIpc) is 2.46. The Labute approximate surface area is 86.1 Å². The first-order valence-corrected chi connectivity index (χ1v) is 4.92. The lowest BCUT2D eigenvalue weighted by atomic mass is 9.93. The van der Waals surface area contributed by atoms with Gasteiger partial charge in [-0.25, -0.2) is 13.2 Å². The van der Waals surface area contributed by atoms with E-state index in [-0.39, 0.29) is 18.9 Å². The number of hydrogen-bond acceptors (Lipinski definition) is 1. The maximum Gasteiger partial charge on any atom is 0.143 e. The number of nitrogens with two attached hydrogens (primary N) is 1. The van der Waals surface area contributed by atoms with Crippen LogP contribution in [0.1, 0.15) is 24.8 Å². The molecule has 2 unspecified atom stereocenters. The second-order valence-corrected chi connectivity index (χ2v) is 4.06. The SMILES string of the molecule is NC1CCC(F)(c2c(F)cccc2F)C1. The van der Waals surface area contributed by atoms with Gasteiger partial charge in [0.1, 0.15) is 17.3 Å². The summed E-state index contributed by atoms with van der Waals surface area (Å²) in [5.74, 6) is -1.65. The highest BCUT2D eigenvalue weighted by Crippen LogP contribution is 2.43. The second kappa shape index (κ2) is 3.52. The predicted molar refractivity (Wildman–Crippen MR) is 51.0 cm³/mol. The van der Waals surface area contributed by atoms with Gasteiger partial charge in [0.05, 0.1) is 5.56 Å². The van der Waals surface area contributed by atoms with Crippen molar-refractivity contribution in [2.24, 2.45) is 5.73 Å². The fourth-order valence-corrected chi connectivity index (χ4v) is 2.19. The van der Waals surface area contributed by atoms with E-state index in [1.807, 2.05) is 0 Å². The Bertz CT molecular complexity index is 360. The largest absolute Gasteiger partial charge is 0.328 e. The smallest absolute Gasteiger partial charge is 0.143 e. The van der Waals surface area contributed by atoms with E-state index in [1.165, 1.54) is 6.07 Å². The second-order valence-electron chi connectivity index (χ2n) is 4.06. The van der Waals surface area contributed by atoms with Gasteiger partial charge in [-0.2, -0.15) is 0 Å². The van der Waals surface area contributed by atoms with Gasteiger partial charge in [-0.15, -0.1) is 0 Å². The summed E-state index contributed by atoms with van der Waals surface area (Å²) in [6.07, 6.45) is 0.543. The molecule has 0 amide bonds. The van der Waals surface area contributed by atoms with Crippen molar-refractivity contribution < 1.29 is 13.2 Å². The lowest BCUT2D eigenvalue weighted by Crippen LogP contribution is -2.23. The van der Waals surface area contributed by atoms with Gasteiger partial charge in [0.25, 0.3) is 0 Å². The minimum Gasteiger partial charge on any atom is -0.328 e. The summed E-state index contributed by atoms with van der Waals surface area (Å²) >= 11 is 0. The van der Waals surface area contributed by atoms with Crippen LogP contribution in [0.5, 0.6) is 0 Å². The first-order valence-electron chi connectivity index (χ1n) is 4.92. The van der Waals surface area contributed by atoms with Gasteiger partial charge in [-0.05, 0) is 25.0 Å². The standard InChI is InChI=1S/C11H12F3N/c12-8-2-1-3-9(13)10(8)11(14)5-4-7(15)6-11/h1-3,7H,4-6,15H2. The summed E-state index contributed by atoms with van der Waals surface area (Å²) in [6.45, 7) is 0. The van der Waals surface area contributed by atoms with E-state index in [1.54, 1.807) is 0 Å². The quantitative estimate of drug-likeness (QED) is 0.765. The fourth-order valence-electron chi connectivity index (χ4n) is 2.19. The molecule has 0 aliphatic heterocycles. The molecule has 2 rings (SSSR count). The van der Waals surface area contributed by atoms with Crippen LogP contribution in [0, 0.1) is 11.6 Å². The Hall–Kier alpha value is -1.03. The normalized spacial score (nSPS) is 30.8. The lowest BCUT2D eigenvalue weighted by Gasteiger charge is -2.20. The molecule has 4 heteroatoms. The minimum atomic E-state index is -1.94. The molecule has 1 aliphatic carbocycles. The molecule has 1 aromatic carbocycles. The van der Waals surface area contributed by atoms with Crippen molar-refractivity contribution in [3.8, 4) is 0 Å². The molecular weight excluding hydrogens is 203 g/mol. The van der Waals surface area contributed by atoms with Gasteiger partial charge >= 0.3 is 0 Å². The van der Waals surface area contributed by atoms with Gasteiger partial charge < -0.3 is 5.73 Å². The van der Waals surface area contributed by atoms with Crippen LogP contribution < -0.4 is 5.73 Å². The van der Waals surface area contributed by atoms with Crippen LogP contribution in [0.3, 0.4) is 0 Å². The predicted octanol–water partition coefficient (Wildman–Crippen LogP) is 2.64. The molecule has 2 N–H and O–H groups in total. The molecule has 1 fully saturated rings. The third kappa shape index (κ3) is 1.74. The Morgan fingerprint density at radius 3 is 2.33 bits per heavy atom. The van der Waals surface area contributed by atoms with Crippen LogP contribution >= 0.6 is 0 Å². The molecule has 2 atom stereocenters. The van der Waals surface area contributed by atoms with Crippen LogP contribution in [-0.2, 0) is 5.67 Å². The zero-order valence-electron chi connectivity index (χ0n) is 8.14. The van der Waals surface area contributed by atoms with E-state index in [4.69, 9.17) is 5.73 Å². The van der Waals surface area contributed by atoms with Gasteiger partial charge in [0.2, 0.25) is 0 Å². The number of hydrogen-bond donors (Lipinski definition) is 1. The molecule has 0 aromatic heterocycles. The molecule has 0 saturated heterocycles. The highest BCUT2D eigenvalue weighted by molar-refractivity contribution is 5.28. The molecule has 1 aromatic rings. The summed E-state index contributed by atoms with van der Waals surface area (Å²) in [5.41, 5.74) is 3.17. The van der Waals surface area contributed by atoms with Gasteiger partial charge in [0.15, 0.2) is 0 Å². The monoisotopic (exact) mass is 215 g/mol. The van der Waals surface area contributed by atoms with Crippen molar-refractivity contribution in [3.63, 3.8) is 0 Å². The maximum absolute atomic E-state index is 14.3. The van der Waals surface area contributed by atoms with E-state index < -0.39 is 22.9 Å². The summed E-state index contributed by atoms with van der Waals surface area (Å²) < 4.78 is 41.0. The van der Waals surface area contributed by atoms with Crippen LogP contribution in [0.2, 0.25) is 0 Å². The van der Waals surface area contributed by atoms with Crippen LogP contribution in [0.4, 0.5) is 13.2 Å². The van der Waals surface area contributed by atoms with Gasteiger partial charge in [0, 0.05) is 12.5 Å². The third-order valence-corrected chi connectivity index (χ3v) is 2.91. The zero-order valence-corrected chi connectivity index (χ0v) is 8.14. The fraction of sp³-hybridized carbons (Fsp3) is 0.455. The number of benzene rings is 1. The van der Waals surface area contributed by atoms with E-state index in [2.05, 4.69) is 0 Å². The Morgan fingerprint density at radius 2 is 1.87 bits per heavy atom. The van der Waals surface area contributed by atoms with Crippen LogP contribution in [0.25, 0.3) is 0 Å². The number of halogens is 3. The molecule has 1 saturated carbocycles. The lowest BCUT2D eigenvalue weighted by molar-refractivity contribution is 0.159. The van der Waals surface area contributed by atoms with Crippen molar-refractivity contribution in [2.45, 2.75) is 31.0 Å². The molecule has 0 radical (unpaired) electrons. The molecule has 1 nitrogen and oxygen atoms in total. The van der Waals surface area contributed by atoms with Crippen molar-refractivity contribution in [3.05, 3.63) is 35.4 Å². The zero-order chi connectivity index (χ0) is 11.1. The molecule has 82 valence electrons. The van der Waals surface area contributed by atoms with Crippen LogP contribution in [0.15, 0.2) is 18.2 Å². The summed E-state index contributed by atoms with van der Waals surface area (Å²) in [4.78, 5) is 0. The van der Waals surface area contributed by atoms with Crippen molar-refractivity contribution in [2.75, 3.05) is 0 Å². The van der Waals surface area contributed by atoms with Crippen LogP contribution in [-0.4, -0.2) is 6.04 Å². The Balaban J connectivity index is 2.45. The highest BCUT2D eigenvalue weighted by Gasteiger charge is 2.43. The first-order chi connectivity index (χ1) is 7.03. The third-order valence-electron chi connectivity index (χ3n) is 2.91. The Morgan fingerprint density at radius 1 is 1.27 bits per heavy atom. The number of alkyl halides is 1. The topological polar surface area (TPSA) is 26.0 Å². The summed E-state index contributed by atoms with van der Waals surface area (Å²) in [7, 11) is 0. The molecule has 0 bridgehead atoms. The maximum atomic E-state index is 14.3. The van der Waals surface area contributed by atoms with Gasteiger partial charge in [-0.1, -0.05) is 6.07 Å². The van der Waals surface area contributed by atoms with E-state index in [0.717, 1.165) is 12.1 Å². The Kier molecular flexibility index (Phi) is 2.46. The van der Waals surface area contributed by atoms with E-state index in [9.17, 15) is 13.2 Å². The molecule has 0 heterocycles. The van der Waals surface area contributed by atoms with E-state index in [0.29, 0.717) is 6.42 Å². The summed E-state index contributed by atoms with van der Waals surface area (Å²) in [5, 5.41) is 0. The van der Waals surface area contributed by atoms with Crippen molar-refractivity contribution >= 4 is 0 Å². The van der Waals surface area contributed by atoms with Crippen molar-refractivity contribution in [1.29, 1.82) is 0 Å². The molecule has 0 spiro atoms. The van der Waals surface area contributed by atoms with Crippen molar-refractivity contribution in [1.82, 2.24) is 0 Å². The highest BCUT2D eigenvalue weighted by atomic mass is 19.2. The first kappa shape index (κ1) is 10.5. The van der Waals surface area contributed by atoms with E-state index >= 15 is 0 Å². The summed E-state index contributed by atoms with van der Waals surface area (Å²) in [6, 6.07) is 3.06. The molecule has 15 heavy (non-hydrogen) atoms. The molecule has 1 aliphatic rings. The average molecular weight is 215 g/mol. The number of rotatable bonds is 1.